The maximum absolute atomic E-state index is 12.5. The lowest BCUT2D eigenvalue weighted by molar-refractivity contribution is 0.0784. The normalized spacial score (nSPS) is 24.8. The first-order valence-electron chi connectivity index (χ1n) is 7.12. The van der Waals surface area contributed by atoms with Crippen LogP contribution in [0.5, 0.6) is 0 Å². The highest BCUT2D eigenvalue weighted by atomic mass is 16.2. The number of nitriles is 1. The minimum Gasteiger partial charge on any atom is -0.338 e. The summed E-state index contributed by atoms with van der Waals surface area (Å²) in [6.07, 6.45) is 4.52. The van der Waals surface area contributed by atoms with Gasteiger partial charge in [0, 0.05) is 18.7 Å². The molecule has 2 atom stereocenters. The standard InChI is InChI=1S/C17H18N2O/c1-12-5-6-15-10-19(11-16(15)7-12)17(20)14-4-2-3-13(8-14)9-18/h2-5,8,15-16H,6-7,10-11H2,1H3/t15-,16+/m1/s1. The Morgan fingerprint density at radius 1 is 1.35 bits per heavy atom. The summed E-state index contributed by atoms with van der Waals surface area (Å²) in [5.41, 5.74) is 2.63. The molecule has 1 aromatic rings. The first kappa shape index (κ1) is 12.9. The monoisotopic (exact) mass is 266 g/mol. The minimum absolute atomic E-state index is 0.0640. The average molecular weight is 266 g/mol. The van der Waals surface area contributed by atoms with Crippen LogP contribution in [0.3, 0.4) is 0 Å². The highest BCUT2D eigenvalue weighted by molar-refractivity contribution is 5.94. The van der Waals surface area contributed by atoms with Crippen molar-refractivity contribution in [3.63, 3.8) is 0 Å². The molecular formula is C17H18N2O. The fraction of sp³-hybridized carbons (Fsp3) is 0.412. The van der Waals surface area contributed by atoms with Crippen molar-refractivity contribution in [2.75, 3.05) is 13.1 Å². The molecule has 0 aromatic heterocycles. The number of likely N-dealkylation sites (tertiary alicyclic amines) is 1. The molecule has 1 aliphatic carbocycles. The van der Waals surface area contributed by atoms with Crippen LogP contribution >= 0.6 is 0 Å². The third kappa shape index (κ3) is 2.34. The summed E-state index contributed by atoms with van der Waals surface area (Å²) in [5.74, 6) is 1.29. The summed E-state index contributed by atoms with van der Waals surface area (Å²) in [6, 6.07) is 9.09. The summed E-state index contributed by atoms with van der Waals surface area (Å²) >= 11 is 0. The lowest BCUT2D eigenvalue weighted by atomic mass is 9.83. The maximum atomic E-state index is 12.5. The molecule has 3 heteroatoms. The lowest BCUT2D eigenvalue weighted by Crippen LogP contribution is -2.29. The van der Waals surface area contributed by atoms with Crippen molar-refractivity contribution >= 4 is 5.91 Å². The van der Waals surface area contributed by atoms with Crippen molar-refractivity contribution in [2.24, 2.45) is 11.8 Å². The number of hydrogen-bond acceptors (Lipinski definition) is 2. The zero-order valence-electron chi connectivity index (χ0n) is 11.7. The van der Waals surface area contributed by atoms with E-state index in [1.807, 2.05) is 4.90 Å². The molecule has 1 aliphatic heterocycles. The van der Waals surface area contributed by atoms with E-state index in [-0.39, 0.29) is 5.91 Å². The Morgan fingerprint density at radius 2 is 2.15 bits per heavy atom. The van der Waals surface area contributed by atoms with Crippen LogP contribution < -0.4 is 0 Å². The van der Waals surface area contributed by atoms with E-state index in [1.165, 1.54) is 5.57 Å². The van der Waals surface area contributed by atoms with Crippen molar-refractivity contribution in [3.8, 4) is 6.07 Å². The van der Waals surface area contributed by atoms with Gasteiger partial charge >= 0.3 is 0 Å². The molecule has 0 bridgehead atoms. The topological polar surface area (TPSA) is 44.1 Å². The molecule has 0 unspecified atom stereocenters. The van der Waals surface area contributed by atoms with Gasteiger partial charge in [0.05, 0.1) is 11.6 Å². The number of carbonyl (C=O) groups excluding carboxylic acids is 1. The lowest BCUT2D eigenvalue weighted by Gasteiger charge is -2.21. The Labute approximate surface area is 119 Å². The van der Waals surface area contributed by atoms with Crippen LogP contribution in [0.25, 0.3) is 0 Å². The van der Waals surface area contributed by atoms with Crippen molar-refractivity contribution < 1.29 is 4.79 Å². The zero-order chi connectivity index (χ0) is 14.1. The molecule has 1 saturated heterocycles. The van der Waals surface area contributed by atoms with Gasteiger partial charge in [-0.1, -0.05) is 17.7 Å². The second-order valence-corrected chi connectivity index (χ2v) is 5.91. The Morgan fingerprint density at radius 3 is 2.95 bits per heavy atom. The van der Waals surface area contributed by atoms with Gasteiger partial charge in [-0.15, -0.1) is 0 Å². The molecule has 3 nitrogen and oxygen atoms in total. The Bertz CT molecular complexity index is 612. The average Bonchev–Trinajstić information content (AvgIpc) is 2.89. The van der Waals surface area contributed by atoms with Gasteiger partial charge < -0.3 is 4.90 Å². The molecule has 1 amide bonds. The van der Waals surface area contributed by atoms with Crippen LogP contribution in [0.15, 0.2) is 35.9 Å². The number of hydrogen-bond donors (Lipinski definition) is 0. The molecule has 2 aliphatic rings. The van der Waals surface area contributed by atoms with Gasteiger partial charge in [0.15, 0.2) is 0 Å². The number of rotatable bonds is 1. The molecule has 102 valence electrons. The Hall–Kier alpha value is -2.08. The Kier molecular flexibility index (Phi) is 3.31. The van der Waals surface area contributed by atoms with Crippen LogP contribution in [0.2, 0.25) is 0 Å². The van der Waals surface area contributed by atoms with Crippen LogP contribution in [0.1, 0.15) is 35.7 Å². The third-order valence-corrected chi connectivity index (χ3v) is 4.46. The third-order valence-electron chi connectivity index (χ3n) is 4.46. The second kappa shape index (κ2) is 5.13. The predicted molar refractivity (Wildman–Crippen MR) is 77.0 cm³/mol. The molecule has 0 N–H and O–H groups in total. The van der Waals surface area contributed by atoms with Crippen molar-refractivity contribution in [1.82, 2.24) is 4.90 Å². The number of fused-ring (bicyclic) bond motifs is 1. The Balaban J connectivity index is 1.75. The molecule has 1 aromatic carbocycles. The van der Waals surface area contributed by atoms with Crippen LogP contribution in [-0.2, 0) is 0 Å². The van der Waals surface area contributed by atoms with Gasteiger partial charge in [-0.2, -0.15) is 5.26 Å². The smallest absolute Gasteiger partial charge is 0.253 e. The van der Waals surface area contributed by atoms with Gasteiger partial charge in [-0.05, 0) is 49.8 Å². The maximum Gasteiger partial charge on any atom is 0.253 e. The van der Waals surface area contributed by atoms with Crippen LogP contribution in [0, 0.1) is 23.2 Å². The molecular weight excluding hydrogens is 248 g/mol. The van der Waals surface area contributed by atoms with E-state index in [2.05, 4.69) is 19.1 Å². The first-order chi connectivity index (χ1) is 9.67. The van der Waals surface area contributed by atoms with Gasteiger partial charge in [0.2, 0.25) is 0 Å². The van der Waals surface area contributed by atoms with Crippen LogP contribution in [0.4, 0.5) is 0 Å². The summed E-state index contributed by atoms with van der Waals surface area (Å²) in [4.78, 5) is 14.5. The van der Waals surface area contributed by atoms with Crippen molar-refractivity contribution in [3.05, 3.63) is 47.0 Å². The fourth-order valence-electron chi connectivity index (χ4n) is 3.36. The van der Waals surface area contributed by atoms with Crippen molar-refractivity contribution in [1.29, 1.82) is 5.26 Å². The largest absolute Gasteiger partial charge is 0.338 e. The predicted octanol–water partition coefficient (Wildman–Crippen LogP) is 2.99. The quantitative estimate of drug-likeness (QED) is 0.733. The molecule has 1 heterocycles. The second-order valence-electron chi connectivity index (χ2n) is 5.91. The molecule has 3 rings (SSSR count). The molecule has 20 heavy (non-hydrogen) atoms. The van der Waals surface area contributed by atoms with E-state index in [0.29, 0.717) is 23.0 Å². The van der Waals surface area contributed by atoms with E-state index in [0.717, 1.165) is 25.9 Å². The first-order valence-corrected chi connectivity index (χ1v) is 7.12. The number of allylic oxidation sites excluding steroid dienone is 2. The SMILES string of the molecule is CC1=CC[C@@H]2CN(C(=O)c3cccc(C#N)c3)C[C@@H]2C1. The van der Waals surface area contributed by atoms with Gasteiger partial charge in [-0.25, -0.2) is 0 Å². The fourth-order valence-corrected chi connectivity index (χ4v) is 3.36. The summed E-state index contributed by atoms with van der Waals surface area (Å²) in [5, 5.41) is 8.93. The van der Waals surface area contributed by atoms with E-state index in [4.69, 9.17) is 5.26 Å². The van der Waals surface area contributed by atoms with E-state index in [1.54, 1.807) is 24.3 Å². The molecule has 0 saturated carbocycles. The molecule has 0 radical (unpaired) electrons. The van der Waals surface area contributed by atoms with E-state index < -0.39 is 0 Å². The zero-order valence-corrected chi connectivity index (χ0v) is 11.7. The minimum atomic E-state index is 0.0640. The highest BCUT2D eigenvalue weighted by Crippen LogP contribution is 2.36. The van der Waals surface area contributed by atoms with E-state index in [9.17, 15) is 4.79 Å². The number of nitrogens with zero attached hydrogens (tertiary/aromatic N) is 2. The van der Waals surface area contributed by atoms with Gasteiger partial charge in [-0.3, -0.25) is 4.79 Å². The molecule has 0 spiro atoms. The highest BCUT2D eigenvalue weighted by Gasteiger charge is 2.36. The molecule has 1 fully saturated rings. The number of benzene rings is 1. The van der Waals surface area contributed by atoms with Crippen LogP contribution in [-0.4, -0.2) is 23.9 Å². The summed E-state index contributed by atoms with van der Waals surface area (Å²) in [6.45, 7) is 3.88. The number of amides is 1. The number of carbonyl (C=O) groups is 1. The van der Waals surface area contributed by atoms with Gasteiger partial charge in [0.1, 0.15) is 0 Å². The summed E-state index contributed by atoms with van der Waals surface area (Å²) < 4.78 is 0. The van der Waals surface area contributed by atoms with Crippen molar-refractivity contribution in [2.45, 2.75) is 19.8 Å². The summed E-state index contributed by atoms with van der Waals surface area (Å²) in [7, 11) is 0. The van der Waals surface area contributed by atoms with E-state index >= 15 is 0 Å². The van der Waals surface area contributed by atoms with Gasteiger partial charge in [0.25, 0.3) is 5.91 Å².